The minimum Gasteiger partial charge on any atom is -0.595 e. The monoisotopic (exact) mass is 489 g/mol. The Labute approximate surface area is 207 Å². The van der Waals surface area contributed by atoms with Crippen LogP contribution >= 0.6 is 0 Å². The van der Waals surface area contributed by atoms with Gasteiger partial charge in [-0.25, -0.2) is 5.21 Å². The molecule has 2 aliphatic carbocycles. The zero-order chi connectivity index (χ0) is 25.0. The Balaban J connectivity index is 1.25. The number of anilines is 1. The van der Waals surface area contributed by atoms with E-state index >= 15 is 0 Å². The van der Waals surface area contributed by atoms with E-state index in [0.29, 0.717) is 19.4 Å². The van der Waals surface area contributed by atoms with Gasteiger partial charge in [0.1, 0.15) is 6.10 Å². The molecule has 1 aromatic carbocycles. The van der Waals surface area contributed by atoms with Gasteiger partial charge in [0.25, 0.3) is 0 Å². The van der Waals surface area contributed by atoms with Crippen molar-refractivity contribution in [3.05, 3.63) is 29.5 Å². The topological polar surface area (TPSA) is 110 Å². The second kappa shape index (κ2) is 8.97. The van der Waals surface area contributed by atoms with Crippen molar-refractivity contribution in [2.75, 3.05) is 44.7 Å². The summed E-state index contributed by atoms with van der Waals surface area (Å²) in [6, 6.07) is 6.99. The van der Waals surface area contributed by atoms with Crippen molar-refractivity contribution in [1.29, 1.82) is 0 Å². The maximum absolute atomic E-state index is 13.0. The third kappa shape index (κ3) is 4.06. The third-order valence-corrected chi connectivity index (χ3v) is 9.76. The standard InChI is InChI=1S/C26H39N3O6/c1-24-9-4-10-25(2,34-3)26(24,31)15-20-21(23(30)35-22(20)16-24)17-27-11-13-28(14-12-27)18-5-7-19(8-6-18)29(32)33/h5-8,20-22,29,31-32H,4,9-17H2,1-3H3/t20-,21?,22-,24-,25-,26?/m1/s1. The summed E-state index contributed by atoms with van der Waals surface area (Å²) in [4.78, 5) is 17.6. The molecule has 0 bridgehead atoms. The van der Waals surface area contributed by atoms with E-state index in [4.69, 9.17) is 14.7 Å². The van der Waals surface area contributed by atoms with Crippen LogP contribution < -0.4 is 10.1 Å². The Morgan fingerprint density at radius 2 is 1.83 bits per heavy atom. The molecule has 35 heavy (non-hydrogen) atoms. The molecule has 194 valence electrons. The van der Waals surface area contributed by atoms with Crippen LogP contribution in [0.1, 0.15) is 46.0 Å². The van der Waals surface area contributed by atoms with Gasteiger partial charge in [0.2, 0.25) is 0 Å². The summed E-state index contributed by atoms with van der Waals surface area (Å²) in [5, 5.41) is 31.4. The fourth-order valence-corrected chi connectivity index (χ4v) is 7.37. The number of hydrogen-bond donors (Lipinski definition) is 3. The number of piperazine rings is 1. The van der Waals surface area contributed by atoms with Crippen molar-refractivity contribution in [3.63, 3.8) is 0 Å². The van der Waals surface area contributed by atoms with Crippen LogP contribution in [0.5, 0.6) is 0 Å². The summed E-state index contributed by atoms with van der Waals surface area (Å²) < 4.78 is 11.9. The maximum atomic E-state index is 13.0. The number of methoxy groups -OCH3 is 1. The molecular formula is C26H39N3O6. The molecule has 2 saturated carbocycles. The van der Waals surface area contributed by atoms with Gasteiger partial charge in [-0.05, 0) is 51.2 Å². The maximum Gasteiger partial charge on any atom is 0.310 e. The van der Waals surface area contributed by atoms with Gasteiger partial charge in [-0.1, -0.05) is 6.92 Å². The molecule has 0 aromatic heterocycles. The van der Waals surface area contributed by atoms with Crippen LogP contribution in [0, 0.1) is 22.5 Å². The van der Waals surface area contributed by atoms with Crippen LogP contribution in [0.3, 0.4) is 0 Å². The molecule has 2 heterocycles. The first-order valence-corrected chi connectivity index (χ1v) is 12.9. The van der Waals surface area contributed by atoms with Crippen molar-refractivity contribution >= 4 is 17.3 Å². The van der Waals surface area contributed by atoms with Crippen LogP contribution in [0.2, 0.25) is 0 Å². The van der Waals surface area contributed by atoms with Gasteiger partial charge in [0.15, 0.2) is 5.69 Å². The van der Waals surface area contributed by atoms with Gasteiger partial charge >= 0.3 is 5.97 Å². The number of carbonyl (C=O) groups excluding carboxylic acids is 1. The molecule has 7 atom stereocenters. The second-order valence-corrected chi connectivity index (χ2v) is 11.5. The van der Waals surface area contributed by atoms with E-state index < -0.39 is 16.4 Å². The highest BCUT2D eigenvalue weighted by Crippen LogP contribution is 2.61. The van der Waals surface area contributed by atoms with E-state index in [1.807, 2.05) is 19.1 Å². The van der Waals surface area contributed by atoms with Gasteiger partial charge in [-0.2, -0.15) is 5.23 Å². The molecule has 3 unspecified atom stereocenters. The zero-order valence-corrected chi connectivity index (χ0v) is 21.0. The van der Waals surface area contributed by atoms with Crippen molar-refractivity contribution in [3.8, 4) is 0 Å². The SMILES string of the molecule is CO[C@]1(C)CCC[C@]2(C)C[C@H]3OC(=O)C(CN4CCN(c5ccc([NH+]([O-])O)cc5)CC4)[C@H]3CC21O. The average Bonchev–Trinajstić information content (AvgIpc) is 3.12. The zero-order valence-electron chi connectivity index (χ0n) is 21.0. The minimum atomic E-state index is -0.985. The number of fused-ring (bicyclic) bond motifs is 2. The fraction of sp³-hybridized carbons (Fsp3) is 0.731. The largest absolute Gasteiger partial charge is 0.595 e. The second-order valence-electron chi connectivity index (χ2n) is 11.5. The predicted octanol–water partition coefficient (Wildman–Crippen LogP) is 1.49. The van der Waals surface area contributed by atoms with Crippen molar-refractivity contribution in [2.45, 2.75) is 63.3 Å². The number of benzene rings is 1. The molecule has 2 saturated heterocycles. The molecule has 0 spiro atoms. The number of nitrogens with zero attached hydrogens (tertiary/aromatic N) is 2. The Morgan fingerprint density at radius 1 is 1.14 bits per heavy atom. The lowest BCUT2D eigenvalue weighted by Gasteiger charge is -2.62. The summed E-state index contributed by atoms with van der Waals surface area (Å²) in [7, 11) is 1.69. The quantitative estimate of drug-likeness (QED) is 0.422. The van der Waals surface area contributed by atoms with Crippen LogP contribution in [0.25, 0.3) is 0 Å². The molecule has 9 nitrogen and oxygen atoms in total. The third-order valence-electron chi connectivity index (χ3n) is 9.76. The number of ether oxygens (including phenoxy) is 2. The molecule has 9 heteroatoms. The Bertz CT molecular complexity index is 936. The van der Waals surface area contributed by atoms with E-state index in [2.05, 4.69) is 16.7 Å². The van der Waals surface area contributed by atoms with Crippen molar-refractivity contribution < 1.29 is 29.8 Å². The lowest BCUT2D eigenvalue weighted by Crippen LogP contribution is -2.99. The Kier molecular flexibility index (Phi) is 6.39. The van der Waals surface area contributed by atoms with Gasteiger partial charge in [0.05, 0.1) is 17.1 Å². The highest BCUT2D eigenvalue weighted by atomic mass is 16.8. The van der Waals surface area contributed by atoms with E-state index in [-0.39, 0.29) is 35.0 Å². The highest BCUT2D eigenvalue weighted by Gasteiger charge is 2.67. The van der Waals surface area contributed by atoms with Crippen LogP contribution in [-0.4, -0.2) is 78.3 Å². The molecule has 2 aliphatic heterocycles. The lowest BCUT2D eigenvalue weighted by atomic mass is 9.49. The number of carbonyl (C=O) groups is 1. The van der Waals surface area contributed by atoms with E-state index in [0.717, 1.165) is 51.1 Å². The lowest BCUT2D eigenvalue weighted by molar-refractivity contribution is -0.991. The summed E-state index contributed by atoms with van der Waals surface area (Å²) in [6.07, 6.45) is 3.83. The van der Waals surface area contributed by atoms with E-state index in [1.165, 1.54) is 0 Å². The van der Waals surface area contributed by atoms with E-state index in [9.17, 15) is 15.1 Å². The number of aliphatic hydroxyl groups is 1. The average molecular weight is 490 g/mol. The molecule has 1 aromatic rings. The predicted molar refractivity (Wildman–Crippen MR) is 129 cm³/mol. The first-order chi connectivity index (χ1) is 16.6. The summed E-state index contributed by atoms with van der Waals surface area (Å²) in [5.74, 6) is -0.371. The summed E-state index contributed by atoms with van der Waals surface area (Å²) in [5.41, 5.74) is -0.632. The number of rotatable bonds is 5. The van der Waals surface area contributed by atoms with E-state index in [1.54, 1.807) is 19.2 Å². The minimum absolute atomic E-state index is 0.00487. The first-order valence-electron chi connectivity index (χ1n) is 12.9. The number of quaternary nitrogens is 1. The van der Waals surface area contributed by atoms with Crippen LogP contribution in [0.15, 0.2) is 24.3 Å². The number of nitrogens with one attached hydrogen (secondary N) is 1. The molecule has 5 rings (SSSR count). The van der Waals surface area contributed by atoms with Crippen LogP contribution in [-0.2, 0) is 14.3 Å². The Morgan fingerprint density at radius 3 is 2.46 bits per heavy atom. The number of hydrogen-bond acceptors (Lipinski definition) is 8. The molecule has 3 N–H and O–H groups in total. The molecule has 4 fully saturated rings. The molecule has 0 amide bonds. The first kappa shape index (κ1) is 24.9. The Hall–Kier alpha value is -1.75. The van der Waals surface area contributed by atoms with Gasteiger partial charge < -0.3 is 24.7 Å². The highest BCUT2D eigenvalue weighted by molar-refractivity contribution is 5.75. The van der Waals surface area contributed by atoms with Gasteiger partial charge in [0, 0.05) is 69.0 Å². The number of esters is 1. The summed E-state index contributed by atoms with van der Waals surface area (Å²) >= 11 is 0. The molecular weight excluding hydrogens is 450 g/mol. The smallest absolute Gasteiger partial charge is 0.310 e. The van der Waals surface area contributed by atoms with Crippen molar-refractivity contribution in [1.82, 2.24) is 4.90 Å². The van der Waals surface area contributed by atoms with Gasteiger partial charge in [-0.15, -0.1) is 0 Å². The van der Waals surface area contributed by atoms with Crippen LogP contribution in [0.4, 0.5) is 11.4 Å². The molecule has 4 aliphatic rings. The molecule has 0 radical (unpaired) electrons. The van der Waals surface area contributed by atoms with Gasteiger partial charge in [-0.3, -0.25) is 9.69 Å². The van der Waals surface area contributed by atoms with Crippen molar-refractivity contribution in [2.24, 2.45) is 17.3 Å². The normalized spacial score (nSPS) is 40.7. The summed E-state index contributed by atoms with van der Waals surface area (Å²) in [6.45, 7) is 8.07. The fourth-order valence-electron chi connectivity index (χ4n) is 7.37.